The van der Waals surface area contributed by atoms with Crippen LogP contribution in [0.2, 0.25) is 0 Å². The second-order valence-corrected chi connectivity index (χ2v) is 4.03. The molecule has 1 aromatic heterocycles. The molecule has 1 aromatic carbocycles. The predicted octanol–water partition coefficient (Wildman–Crippen LogP) is 1.93. The molecule has 1 saturated heterocycles. The van der Waals surface area contributed by atoms with Gasteiger partial charge in [0, 0.05) is 31.1 Å². The van der Waals surface area contributed by atoms with Crippen molar-refractivity contribution in [1.82, 2.24) is 9.88 Å². The van der Waals surface area contributed by atoms with Crippen LogP contribution in [0.5, 0.6) is 5.88 Å². The molecule has 0 amide bonds. The highest BCUT2D eigenvalue weighted by Crippen LogP contribution is 2.16. The molecule has 1 aliphatic heterocycles. The number of hydrogen-bond acceptors (Lipinski definition) is 3. The highest BCUT2D eigenvalue weighted by atomic mass is 16.5. The third-order valence-corrected chi connectivity index (χ3v) is 2.77. The second kappa shape index (κ2) is 4.10. The van der Waals surface area contributed by atoms with Crippen LogP contribution in [0, 0.1) is 0 Å². The van der Waals surface area contributed by atoms with Crippen LogP contribution >= 0.6 is 0 Å². The molecular weight excluding hydrogens is 200 g/mol. The van der Waals surface area contributed by atoms with Crippen LogP contribution in [0.4, 0.5) is 0 Å². The van der Waals surface area contributed by atoms with Crippen LogP contribution in [-0.2, 0) is 0 Å². The van der Waals surface area contributed by atoms with Gasteiger partial charge in [-0.2, -0.15) is 0 Å². The van der Waals surface area contributed by atoms with Gasteiger partial charge in [0.2, 0.25) is 5.88 Å². The highest BCUT2D eigenvalue weighted by molar-refractivity contribution is 5.78. The summed E-state index contributed by atoms with van der Waals surface area (Å²) in [6.07, 6.45) is 0. The van der Waals surface area contributed by atoms with Gasteiger partial charge in [-0.3, -0.25) is 4.90 Å². The van der Waals surface area contributed by atoms with Crippen molar-refractivity contribution in [2.75, 3.05) is 26.2 Å². The van der Waals surface area contributed by atoms with E-state index in [1.54, 1.807) is 0 Å². The first kappa shape index (κ1) is 9.60. The van der Waals surface area contributed by atoms with Gasteiger partial charge in [-0.25, -0.2) is 4.98 Å². The van der Waals surface area contributed by atoms with E-state index < -0.39 is 0 Å². The van der Waals surface area contributed by atoms with Gasteiger partial charge in [-0.1, -0.05) is 18.2 Å². The Hall–Kier alpha value is -1.61. The standard InChI is InChI=1S/C13H14N2O/c1-2-4-12-11(3-1)5-6-13(14-12)16-10-9-15-7-8-15/h1-6H,7-10H2. The number of benzene rings is 1. The summed E-state index contributed by atoms with van der Waals surface area (Å²) in [5, 5.41) is 1.15. The number of para-hydroxylation sites is 1. The summed E-state index contributed by atoms with van der Waals surface area (Å²) in [5.41, 5.74) is 0.992. The molecule has 3 heteroatoms. The second-order valence-electron chi connectivity index (χ2n) is 4.03. The summed E-state index contributed by atoms with van der Waals surface area (Å²) >= 11 is 0. The minimum Gasteiger partial charge on any atom is -0.476 e. The Labute approximate surface area is 94.7 Å². The number of fused-ring (bicyclic) bond motifs is 1. The van der Waals surface area contributed by atoms with E-state index >= 15 is 0 Å². The first-order valence-corrected chi connectivity index (χ1v) is 5.63. The molecule has 0 N–H and O–H groups in total. The fourth-order valence-corrected chi connectivity index (χ4v) is 1.70. The molecule has 1 fully saturated rings. The van der Waals surface area contributed by atoms with Crippen molar-refractivity contribution >= 4 is 10.9 Å². The fourth-order valence-electron chi connectivity index (χ4n) is 1.70. The first-order chi connectivity index (χ1) is 7.92. The summed E-state index contributed by atoms with van der Waals surface area (Å²) in [6, 6.07) is 12.1. The van der Waals surface area contributed by atoms with Crippen LogP contribution in [0.1, 0.15) is 0 Å². The lowest BCUT2D eigenvalue weighted by atomic mass is 10.2. The lowest BCUT2D eigenvalue weighted by Crippen LogP contribution is -2.10. The van der Waals surface area contributed by atoms with E-state index in [0.29, 0.717) is 0 Å². The Kier molecular flexibility index (Phi) is 2.46. The zero-order valence-corrected chi connectivity index (χ0v) is 9.10. The van der Waals surface area contributed by atoms with Crippen LogP contribution in [0.25, 0.3) is 10.9 Å². The van der Waals surface area contributed by atoms with Crippen molar-refractivity contribution in [3.63, 3.8) is 0 Å². The van der Waals surface area contributed by atoms with E-state index in [9.17, 15) is 0 Å². The van der Waals surface area contributed by atoms with Crippen molar-refractivity contribution in [2.24, 2.45) is 0 Å². The Morgan fingerprint density at radius 1 is 1.12 bits per heavy atom. The van der Waals surface area contributed by atoms with Crippen LogP contribution in [-0.4, -0.2) is 36.1 Å². The van der Waals surface area contributed by atoms with Gasteiger partial charge in [0.05, 0.1) is 5.52 Å². The maximum atomic E-state index is 5.61. The average molecular weight is 214 g/mol. The van der Waals surface area contributed by atoms with Crippen LogP contribution in [0.15, 0.2) is 36.4 Å². The normalized spacial score (nSPS) is 15.2. The van der Waals surface area contributed by atoms with Gasteiger partial charge in [0.1, 0.15) is 6.61 Å². The third kappa shape index (κ3) is 2.14. The van der Waals surface area contributed by atoms with E-state index in [1.807, 2.05) is 24.3 Å². The first-order valence-electron chi connectivity index (χ1n) is 5.63. The number of nitrogens with zero attached hydrogens (tertiary/aromatic N) is 2. The van der Waals surface area contributed by atoms with Gasteiger partial charge < -0.3 is 4.74 Å². The maximum Gasteiger partial charge on any atom is 0.213 e. The van der Waals surface area contributed by atoms with E-state index in [0.717, 1.165) is 29.9 Å². The largest absolute Gasteiger partial charge is 0.476 e. The van der Waals surface area contributed by atoms with Crippen molar-refractivity contribution in [3.05, 3.63) is 36.4 Å². The van der Waals surface area contributed by atoms with E-state index in [1.165, 1.54) is 13.1 Å². The number of ether oxygens (including phenoxy) is 1. The van der Waals surface area contributed by atoms with Gasteiger partial charge in [-0.05, 0) is 12.1 Å². The van der Waals surface area contributed by atoms with Crippen molar-refractivity contribution in [2.45, 2.75) is 0 Å². The van der Waals surface area contributed by atoms with E-state index in [-0.39, 0.29) is 0 Å². The average Bonchev–Trinajstić information content (AvgIpc) is 3.13. The molecule has 2 aromatic rings. The molecule has 0 radical (unpaired) electrons. The topological polar surface area (TPSA) is 25.1 Å². The maximum absolute atomic E-state index is 5.61. The number of pyridine rings is 1. The molecule has 2 heterocycles. The van der Waals surface area contributed by atoms with E-state index in [2.05, 4.69) is 22.0 Å². The SMILES string of the molecule is c1ccc2nc(OCCN3CC3)ccc2c1. The quantitative estimate of drug-likeness (QED) is 0.727. The van der Waals surface area contributed by atoms with Crippen molar-refractivity contribution in [3.8, 4) is 5.88 Å². The zero-order chi connectivity index (χ0) is 10.8. The zero-order valence-electron chi connectivity index (χ0n) is 9.10. The fraction of sp³-hybridized carbons (Fsp3) is 0.308. The lowest BCUT2D eigenvalue weighted by molar-refractivity contribution is 0.283. The van der Waals surface area contributed by atoms with Crippen molar-refractivity contribution in [1.29, 1.82) is 0 Å². The molecule has 0 atom stereocenters. The predicted molar refractivity (Wildman–Crippen MR) is 63.7 cm³/mol. The van der Waals surface area contributed by atoms with Gasteiger partial charge in [-0.15, -0.1) is 0 Å². The Bertz CT molecular complexity index is 494. The van der Waals surface area contributed by atoms with Gasteiger partial charge in [0.25, 0.3) is 0 Å². The van der Waals surface area contributed by atoms with E-state index in [4.69, 9.17) is 4.74 Å². The summed E-state index contributed by atoms with van der Waals surface area (Å²) in [7, 11) is 0. The molecule has 0 bridgehead atoms. The highest BCUT2D eigenvalue weighted by Gasteiger charge is 2.16. The molecule has 82 valence electrons. The van der Waals surface area contributed by atoms with Crippen LogP contribution < -0.4 is 4.74 Å². The van der Waals surface area contributed by atoms with Crippen LogP contribution in [0.3, 0.4) is 0 Å². The summed E-state index contributed by atoms with van der Waals surface area (Å²) in [5.74, 6) is 0.723. The minimum absolute atomic E-state index is 0.723. The Balaban J connectivity index is 1.71. The Morgan fingerprint density at radius 3 is 2.88 bits per heavy atom. The number of aromatic nitrogens is 1. The number of rotatable bonds is 4. The van der Waals surface area contributed by atoms with Gasteiger partial charge in [0.15, 0.2) is 0 Å². The molecule has 1 aliphatic rings. The molecule has 0 aliphatic carbocycles. The smallest absolute Gasteiger partial charge is 0.213 e. The third-order valence-electron chi connectivity index (χ3n) is 2.77. The Morgan fingerprint density at radius 2 is 2.00 bits per heavy atom. The molecule has 3 rings (SSSR count). The molecule has 3 nitrogen and oxygen atoms in total. The molecule has 0 spiro atoms. The molecule has 0 unspecified atom stereocenters. The molecule has 0 saturated carbocycles. The van der Waals surface area contributed by atoms with Crippen molar-refractivity contribution < 1.29 is 4.74 Å². The molecule has 16 heavy (non-hydrogen) atoms. The van der Waals surface area contributed by atoms with Gasteiger partial charge >= 0.3 is 0 Å². The molecular formula is C13H14N2O. The lowest BCUT2D eigenvalue weighted by Gasteiger charge is -2.06. The summed E-state index contributed by atoms with van der Waals surface area (Å²) < 4.78 is 5.61. The number of hydrogen-bond donors (Lipinski definition) is 0. The minimum atomic E-state index is 0.723. The summed E-state index contributed by atoms with van der Waals surface area (Å²) in [4.78, 5) is 6.79. The summed E-state index contributed by atoms with van der Waals surface area (Å²) in [6.45, 7) is 4.17. The monoisotopic (exact) mass is 214 g/mol.